The van der Waals surface area contributed by atoms with Crippen LogP contribution in [0.1, 0.15) is 42.9 Å². The van der Waals surface area contributed by atoms with Crippen molar-refractivity contribution in [3.8, 4) is 5.75 Å². The average molecular weight is 263 g/mol. The molecule has 1 aromatic rings. The zero-order chi connectivity index (χ0) is 12.5. The molecule has 2 aliphatic rings. The smallest absolute Gasteiger partial charge is 0.119 e. The number of thioether (sulfide) groups is 1. The number of aromatic hydroxyl groups is 1. The van der Waals surface area contributed by atoms with Crippen LogP contribution in [-0.4, -0.2) is 22.7 Å². The minimum atomic E-state index is 0.456. The van der Waals surface area contributed by atoms with E-state index in [1.165, 1.54) is 24.8 Å². The second-order valence-corrected chi connectivity index (χ2v) is 6.61. The lowest BCUT2D eigenvalue weighted by molar-refractivity contribution is 0.438. The third kappa shape index (κ3) is 2.26. The molecule has 2 nitrogen and oxygen atoms in total. The Bertz CT molecular complexity index is 435. The highest BCUT2D eigenvalue weighted by molar-refractivity contribution is 7.99. The van der Waals surface area contributed by atoms with Crippen LogP contribution in [0.2, 0.25) is 0 Å². The van der Waals surface area contributed by atoms with Crippen molar-refractivity contribution in [1.82, 2.24) is 5.32 Å². The van der Waals surface area contributed by atoms with Gasteiger partial charge in [0.25, 0.3) is 0 Å². The molecule has 0 aliphatic heterocycles. The molecule has 98 valence electrons. The van der Waals surface area contributed by atoms with Gasteiger partial charge in [0.1, 0.15) is 5.75 Å². The van der Waals surface area contributed by atoms with Crippen LogP contribution in [0, 0.1) is 0 Å². The first-order valence-corrected chi connectivity index (χ1v) is 8.16. The van der Waals surface area contributed by atoms with E-state index in [0.717, 1.165) is 23.7 Å². The average Bonchev–Trinajstić information content (AvgIpc) is 2.98. The van der Waals surface area contributed by atoms with Crippen LogP contribution in [0.5, 0.6) is 5.75 Å². The van der Waals surface area contributed by atoms with Gasteiger partial charge < -0.3 is 10.4 Å². The monoisotopic (exact) mass is 263 g/mol. The zero-order valence-electron chi connectivity index (χ0n) is 10.9. The van der Waals surface area contributed by atoms with Gasteiger partial charge in [-0.2, -0.15) is 11.8 Å². The Hall–Kier alpha value is -0.670. The topological polar surface area (TPSA) is 32.3 Å². The van der Waals surface area contributed by atoms with Gasteiger partial charge in [0, 0.05) is 17.3 Å². The molecule has 1 saturated carbocycles. The number of benzene rings is 1. The van der Waals surface area contributed by atoms with Crippen LogP contribution in [0.4, 0.5) is 0 Å². The molecule has 1 aromatic carbocycles. The third-order valence-corrected chi connectivity index (χ3v) is 5.50. The lowest BCUT2D eigenvalue weighted by atomic mass is 10.1. The normalized spacial score (nSPS) is 30.6. The first-order valence-electron chi connectivity index (χ1n) is 6.87. The Kier molecular flexibility index (Phi) is 3.53. The van der Waals surface area contributed by atoms with Crippen LogP contribution in [0.3, 0.4) is 0 Å². The van der Waals surface area contributed by atoms with E-state index in [2.05, 4.69) is 17.6 Å². The molecule has 0 bridgehead atoms. The van der Waals surface area contributed by atoms with E-state index >= 15 is 0 Å². The molecule has 2 N–H and O–H groups in total. The van der Waals surface area contributed by atoms with Crippen molar-refractivity contribution in [3.63, 3.8) is 0 Å². The molecule has 0 spiro atoms. The molecule has 3 heteroatoms. The molecule has 2 aliphatic carbocycles. The minimum Gasteiger partial charge on any atom is -0.508 e. The van der Waals surface area contributed by atoms with E-state index in [1.807, 2.05) is 17.8 Å². The van der Waals surface area contributed by atoms with Crippen molar-refractivity contribution in [1.29, 1.82) is 0 Å². The fourth-order valence-electron chi connectivity index (χ4n) is 3.40. The summed E-state index contributed by atoms with van der Waals surface area (Å²) in [5.41, 5.74) is 2.48. The first kappa shape index (κ1) is 12.4. The minimum absolute atomic E-state index is 0.456. The lowest BCUT2D eigenvalue weighted by Gasteiger charge is -2.20. The summed E-state index contributed by atoms with van der Waals surface area (Å²) in [5.74, 6) is 0.477. The second-order valence-electron chi connectivity index (χ2n) is 5.47. The maximum absolute atomic E-state index is 9.86. The summed E-state index contributed by atoms with van der Waals surface area (Å²) in [4.78, 5) is 0. The highest BCUT2D eigenvalue weighted by atomic mass is 32.2. The van der Waals surface area contributed by atoms with Crippen LogP contribution >= 0.6 is 11.8 Å². The molecule has 3 unspecified atom stereocenters. The SMILES string of the molecule is CSC1CCC(NC2CCc3c(O)cccc32)C1. The first-order chi connectivity index (χ1) is 8.78. The van der Waals surface area contributed by atoms with Crippen molar-refractivity contribution in [2.75, 3.05) is 6.26 Å². The highest BCUT2D eigenvalue weighted by Crippen LogP contribution is 2.38. The van der Waals surface area contributed by atoms with Gasteiger partial charge in [-0.1, -0.05) is 12.1 Å². The maximum Gasteiger partial charge on any atom is 0.119 e. The lowest BCUT2D eigenvalue weighted by Crippen LogP contribution is -2.30. The van der Waals surface area contributed by atoms with Crippen molar-refractivity contribution >= 4 is 11.8 Å². The molecular weight excluding hydrogens is 242 g/mol. The number of phenols is 1. The highest BCUT2D eigenvalue weighted by Gasteiger charge is 2.30. The van der Waals surface area contributed by atoms with E-state index in [0.29, 0.717) is 17.8 Å². The van der Waals surface area contributed by atoms with Gasteiger partial charge in [-0.3, -0.25) is 0 Å². The zero-order valence-corrected chi connectivity index (χ0v) is 11.7. The predicted octanol–water partition coefficient (Wildman–Crippen LogP) is 3.25. The van der Waals surface area contributed by atoms with E-state index in [4.69, 9.17) is 0 Å². The van der Waals surface area contributed by atoms with Crippen molar-refractivity contribution in [2.24, 2.45) is 0 Å². The van der Waals surface area contributed by atoms with Crippen LogP contribution in [0.15, 0.2) is 18.2 Å². The van der Waals surface area contributed by atoms with Crippen LogP contribution in [0.25, 0.3) is 0 Å². The summed E-state index contributed by atoms with van der Waals surface area (Å²) in [6.07, 6.45) is 8.31. The van der Waals surface area contributed by atoms with E-state index in [-0.39, 0.29) is 0 Å². The fraction of sp³-hybridized carbons (Fsp3) is 0.600. The number of hydrogen-bond donors (Lipinski definition) is 2. The summed E-state index contributed by atoms with van der Waals surface area (Å²) in [5, 5.41) is 14.5. The molecule has 0 saturated heterocycles. The predicted molar refractivity (Wildman–Crippen MR) is 77.2 cm³/mol. The van der Waals surface area contributed by atoms with Crippen LogP contribution < -0.4 is 5.32 Å². The molecule has 3 rings (SSSR count). The summed E-state index contributed by atoms with van der Waals surface area (Å²) in [6, 6.07) is 7.06. The Morgan fingerprint density at radius 3 is 2.94 bits per heavy atom. The summed E-state index contributed by atoms with van der Waals surface area (Å²) in [6.45, 7) is 0. The van der Waals surface area contributed by atoms with E-state index < -0.39 is 0 Å². The summed E-state index contributed by atoms with van der Waals surface area (Å²) < 4.78 is 0. The van der Waals surface area contributed by atoms with Crippen molar-refractivity contribution in [2.45, 2.75) is 49.4 Å². The van der Waals surface area contributed by atoms with E-state index in [9.17, 15) is 5.11 Å². The largest absolute Gasteiger partial charge is 0.508 e. The molecule has 1 fully saturated rings. The van der Waals surface area contributed by atoms with Crippen molar-refractivity contribution < 1.29 is 5.11 Å². The molecular formula is C15H21NOS. The van der Waals surface area contributed by atoms with Gasteiger partial charge in [0.05, 0.1) is 0 Å². The van der Waals surface area contributed by atoms with Gasteiger partial charge >= 0.3 is 0 Å². The Morgan fingerprint density at radius 2 is 2.17 bits per heavy atom. The Morgan fingerprint density at radius 1 is 1.28 bits per heavy atom. The maximum atomic E-state index is 9.86. The van der Waals surface area contributed by atoms with Gasteiger partial charge in [-0.05, 0) is 55.6 Å². The van der Waals surface area contributed by atoms with Crippen LogP contribution in [-0.2, 0) is 6.42 Å². The van der Waals surface area contributed by atoms with E-state index in [1.54, 1.807) is 6.07 Å². The summed E-state index contributed by atoms with van der Waals surface area (Å²) in [7, 11) is 0. The fourth-order valence-corrected chi connectivity index (χ4v) is 4.19. The molecule has 18 heavy (non-hydrogen) atoms. The number of rotatable bonds is 3. The van der Waals surface area contributed by atoms with Gasteiger partial charge in [0.2, 0.25) is 0 Å². The standard InChI is InChI=1S/C15H21NOS/c1-18-11-6-5-10(9-11)16-14-8-7-13-12(14)3-2-4-15(13)17/h2-4,10-11,14,16-17H,5-9H2,1H3. The van der Waals surface area contributed by atoms with Gasteiger partial charge in [-0.25, -0.2) is 0 Å². The summed E-state index contributed by atoms with van der Waals surface area (Å²) >= 11 is 2.00. The molecule has 0 radical (unpaired) electrons. The van der Waals surface area contributed by atoms with Gasteiger partial charge in [-0.15, -0.1) is 0 Å². The molecule has 0 amide bonds. The quantitative estimate of drug-likeness (QED) is 0.878. The third-order valence-electron chi connectivity index (χ3n) is 4.40. The number of fused-ring (bicyclic) bond motifs is 1. The van der Waals surface area contributed by atoms with Gasteiger partial charge in [0.15, 0.2) is 0 Å². The number of phenolic OH excluding ortho intramolecular Hbond substituents is 1. The second kappa shape index (κ2) is 5.14. The molecule has 3 atom stereocenters. The van der Waals surface area contributed by atoms with Crippen molar-refractivity contribution in [3.05, 3.63) is 29.3 Å². The molecule has 0 aromatic heterocycles. The molecule has 0 heterocycles. The Balaban J connectivity index is 1.68. The number of hydrogen-bond acceptors (Lipinski definition) is 3. The number of nitrogens with one attached hydrogen (secondary N) is 1. The Labute approximate surface area is 113 Å².